The highest BCUT2D eigenvalue weighted by molar-refractivity contribution is 5.96. The molecule has 31 heavy (non-hydrogen) atoms. The number of alkyl halides is 3. The molecule has 3 aromatic rings. The molecule has 1 atom stereocenters. The number of hydrogen-bond donors (Lipinski definition) is 1. The zero-order chi connectivity index (χ0) is 22.8. The lowest BCUT2D eigenvalue weighted by molar-refractivity contribution is -0.275. The number of nitrogens with one attached hydrogen (secondary N) is 1. The second-order valence-electron chi connectivity index (χ2n) is 6.50. The van der Waals surface area contributed by atoms with Crippen molar-refractivity contribution in [2.24, 2.45) is 0 Å². The highest BCUT2D eigenvalue weighted by atomic mass is 19.4. The Morgan fingerprint density at radius 1 is 1.00 bits per heavy atom. The molecule has 1 heterocycles. The number of ketones is 1. The number of rotatable bonds is 6. The minimum Gasteiger partial charge on any atom is -0.403 e. The number of H-pyrrole nitrogens is 1. The van der Waals surface area contributed by atoms with Gasteiger partial charge >= 0.3 is 6.36 Å². The molecule has 162 valence electrons. The number of hydrogen-bond acceptors (Lipinski definition) is 3. The van der Waals surface area contributed by atoms with Crippen molar-refractivity contribution in [1.29, 1.82) is 0 Å². The first-order valence-electron chi connectivity index (χ1n) is 8.76. The number of carbonyl (C=O) groups is 1. The fourth-order valence-electron chi connectivity index (χ4n) is 3.03. The first kappa shape index (κ1) is 22.1. The molecule has 0 fully saturated rings. The largest absolute Gasteiger partial charge is 0.573 e. The number of ether oxygens (including phenoxy) is 1. The highest BCUT2D eigenvalue weighted by Crippen LogP contribution is 2.35. The molecule has 2 aromatic carbocycles. The van der Waals surface area contributed by atoms with E-state index >= 15 is 0 Å². The number of benzene rings is 2. The molecule has 0 saturated carbocycles. The summed E-state index contributed by atoms with van der Waals surface area (Å²) < 4.78 is 83.1. The first-order chi connectivity index (χ1) is 14.5. The summed E-state index contributed by atoms with van der Waals surface area (Å²) in [6, 6.07) is 7.90. The van der Waals surface area contributed by atoms with Gasteiger partial charge in [-0.05, 0) is 35.4 Å². The molecule has 0 aliphatic rings. The Kier molecular flexibility index (Phi) is 6.19. The number of aromatic nitrogens is 1. The van der Waals surface area contributed by atoms with Gasteiger partial charge in [0.1, 0.15) is 0 Å². The quantitative estimate of drug-likeness (QED) is 0.428. The first-order valence-corrected chi connectivity index (χ1v) is 8.76. The second-order valence-corrected chi connectivity index (χ2v) is 6.50. The van der Waals surface area contributed by atoms with Gasteiger partial charge in [-0.1, -0.05) is 18.2 Å². The van der Waals surface area contributed by atoms with Gasteiger partial charge in [0.15, 0.2) is 29.0 Å². The minimum absolute atomic E-state index is 0.0545. The molecule has 0 spiro atoms. The third kappa shape index (κ3) is 5.33. The second kappa shape index (κ2) is 8.66. The maximum atomic E-state index is 14.4. The Labute approximate surface area is 171 Å². The van der Waals surface area contributed by atoms with Crippen molar-refractivity contribution in [3.63, 3.8) is 0 Å². The van der Waals surface area contributed by atoms with E-state index in [2.05, 4.69) is 9.72 Å². The van der Waals surface area contributed by atoms with Crippen LogP contribution >= 0.6 is 0 Å². The van der Waals surface area contributed by atoms with Gasteiger partial charge in [0.05, 0.1) is 0 Å². The van der Waals surface area contributed by atoms with Crippen molar-refractivity contribution >= 4 is 5.78 Å². The maximum Gasteiger partial charge on any atom is 0.573 e. The van der Waals surface area contributed by atoms with Crippen molar-refractivity contribution < 1.29 is 35.9 Å². The van der Waals surface area contributed by atoms with Crippen molar-refractivity contribution in [1.82, 2.24) is 4.98 Å². The number of aromatic amines is 1. The molecule has 0 amide bonds. The summed E-state index contributed by atoms with van der Waals surface area (Å²) in [4.78, 5) is 26.1. The van der Waals surface area contributed by atoms with Gasteiger partial charge in [-0.25, -0.2) is 13.2 Å². The van der Waals surface area contributed by atoms with Crippen LogP contribution in [-0.2, 0) is 0 Å². The molecule has 1 aromatic heterocycles. The lowest BCUT2D eigenvalue weighted by Gasteiger charge is -2.19. The van der Waals surface area contributed by atoms with E-state index in [9.17, 15) is 35.9 Å². The molecular weight excluding hydrogens is 428 g/mol. The molecule has 0 radical (unpaired) electrons. The lowest BCUT2D eigenvalue weighted by atomic mass is 9.85. The zero-order valence-electron chi connectivity index (χ0n) is 15.5. The van der Waals surface area contributed by atoms with Crippen LogP contribution in [0.15, 0.2) is 59.5 Å². The van der Waals surface area contributed by atoms with E-state index in [1.807, 2.05) is 0 Å². The fourth-order valence-corrected chi connectivity index (χ4v) is 3.03. The third-order valence-corrected chi connectivity index (χ3v) is 4.44. The number of halogens is 6. The summed E-state index contributed by atoms with van der Waals surface area (Å²) in [5, 5.41) is 0. The van der Waals surface area contributed by atoms with Gasteiger partial charge in [0, 0.05) is 30.2 Å². The summed E-state index contributed by atoms with van der Waals surface area (Å²) in [6.45, 7) is 0. The van der Waals surface area contributed by atoms with E-state index in [1.54, 1.807) is 0 Å². The van der Waals surface area contributed by atoms with Crippen LogP contribution in [0.2, 0.25) is 0 Å². The number of carbonyl (C=O) groups excluding carboxylic acids is 1. The van der Waals surface area contributed by atoms with Gasteiger partial charge in [0.2, 0.25) is 5.56 Å². The van der Waals surface area contributed by atoms with Crippen LogP contribution in [0, 0.1) is 17.5 Å². The van der Waals surface area contributed by atoms with Crippen LogP contribution in [0.4, 0.5) is 26.3 Å². The predicted molar refractivity (Wildman–Crippen MR) is 97.3 cm³/mol. The molecule has 1 unspecified atom stereocenters. The molecular formula is C21H13F6NO3. The van der Waals surface area contributed by atoms with Gasteiger partial charge in [-0.3, -0.25) is 9.59 Å². The summed E-state index contributed by atoms with van der Waals surface area (Å²) >= 11 is 0. The maximum absolute atomic E-state index is 14.4. The van der Waals surface area contributed by atoms with E-state index in [0.717, 1.165) is 24.4 Å². The fraction of sp³-hybridized carbons (Fsp3) is 0.143. The molecule has 0 bridgehead atoms. The van der Waals surface area contributed by atoms with Crippen molar-refractivity contribution in [3.8, 4) is 5.75 Å². The average Bonchev–Trinajstić information content (AvgIpc) is 2.69. The van der Waals surface area contributed by atoms with Gasteiger partial charge in [-0.2, -0.15) is 0 Å². The van der Waals surface area contributed by atoms with E-state index in [0.29, 0.717) is 12.1 Å². The number of Topliss-reactive ketones (excluding diaryl/α,β-unsaturated/α-hetero) is 1. The number of pyridine rings is 1. The SMILES string of the molecule is O=C(CC(c1ccc(OC(F)(F)F)c(F)c1)c1cccc(F)c1F)c1ccc(=O)[nH]c1. The molecule has 4 nitrogen and oxygen atoms in total. The van der Waals surface area contributed by atoms with Gasteiger partial charge in [-0.15, -0.1) is 13.2 Å². The third-order valence-electron chi connectivity index (χ3n) is 4.44. The van der Waals surface area contributed by atoms with Crippen molar-refractivity contribution in [3.05, 3.63) is 99.2 Å². The highest BCUT2D eigenvalue weighted by Gasteiger charge is 2.33. The summed E-state index contributed by atoms with van der Waals surface area (Å²) in [6.07, 6.45) is -4.48. The average molecular weight is 441 g/mol. The molecule has 10 heteroatoms. The standard InChI is InChI=1S/C21H13F6NO3/c22-15-3-1-2-13(20(15)24)14(9-17(29)12-5-7-19(30)28-10-12)11-4-6-18(16(23)8-11)31-21(25,26)27/h1-8,10,14H,9H2,(H,28,30). The minimum atomic E-state index is -5.13. The van der Waals surface area contributed by atoms with Crippen LogP contribution < -0.4 is 10.3 Å². The topological polar surface area (TPSA) is 59.2 Å². The van der Waals surface area contributed by atoms with Gasteiger partial charge < -0.3 is 9.72 Å². The van der Waals surface area contributed by atoms with E-state index < -0.39 is 53.2 Å². The van der Waals surface area contributed by atoms with Crippen LogP contribution in [0.3, 0.4) is 0 Å². The van der Waals surface area contributed by atoms with E-state index in [4.69, 9.17) is 0 Å². The van der Waals surface area contributed by atoms with Crippen LogP contribution in [-0.4, -0.2) is 17.1 Å². The molecule has 0 saturated heterocycles. The monoisotopic (exact) mass is 441 g/mol. The van der Waals surface area contributed by atoms with Crippen LogP contribution in [0.25, 0.3) is 0 Å². The van der Waals surface area contributed by atoms with E-state index in [1.165, 1.54) is 18.2 Å². The zero-order valence-corrected chi connectivity index (χ0v) is 15.5. The van der Waals surface area contributed by atoms with Crippen LogP contribution in [0.1, 0.15) is 33.8 Å². The normalized spacial score (nSPS) is 12.5. The molecule has 1 N–H and O–H groups in total. The van der Waals surface area contributed by atoms with Crippen molar-refractivity contribution in [2.45, 2.75) is 18.7 Å². The molecule has 0 aliphatic heterocycles. The summed E-state index contributed by atoms with van der Waals surface area (Å²) in [5.74, 6) is -6.82. The Balaban J connectivity index is 2.03. The predicted octanol–water partition coefficient (Wildman–Crippen LogP) is 5.10. The summed E-state index contributed by atoms with van der Waals surface area (Å²) in [5.41, 5.74) is -0.776. The van der Waals surface area contributed by atoms with Gasteiger partial charge in [0.25, 0.3) is 0 Å². The Morgan fingerprint density at radius 3 is 2.35 bits per heavy atom. The Bertz CT molecular complexity index is 1150. The van der Waals surface area contributed by atoms with E-state index in [-0.39, 0.29) is 16.7 Å². The summed E-state index contributed by atoms with van der Waals surface area (Å²) in [7, 11) is 0. The molecule has 3 rings (SSSR count). The smallest absolute Gasteiger partial charge is 0.403 e. The van der Waals surface area contributed by atoms with Crippen molar-refractivity contribution in [2.75, 3.05) is 0 Å². The van der Waals surface area contributed by atoms with Crippen LogP contribution in [0.5, 0.6) is 5.75 Å². The Morgan fingerprint density at radius 2 is 1.74 bits per heavy atom. The Hall–Kier alpha value is -3.56. The lowest BCUT2D eigenvalue weighted by Crippen LogP contribution is -2.18. The molecule has 0 aliphatic carbocycles.